The Labute approximate surface area is 88.0 Å². The van der Waals surface area contributed by atoms with E-state index in [1.165, 1.54) is 7.11 Å². The standard InChI is InChI=1S/C10H14N2O3/c1-5-12-7(3)8(6(2)11-12)9(13)10(14)15-4/h5H2,1-4H3. The molecule has 0 aliphatic rings. The molecule has 1 aromatic heterocycles. The highest BCUT2D eigenvalue weighted by atomic mass is 16.5. The van der Waals surface area contributed by atoms with Gasteiger partial charge in [0.1, 0.15) is 0 Å². The third-order valence-electron chi connectivity index (χ3n) is 2.28. The van der Waals surface area contributed by atoms with Gasteiger partial charge in [-0.05, 0) is 20.8 Å². The van der Waals surface area contributed by atoms with Crippen molar-refractivity contribution in [1.82, 2.24) is 9.78 Å². The van der Waals surface area contributed by atoms with Crippen LogP contribution in [0.25, 0.3) is 0 Å². The van der Waals surface area contributed by atoms with E-state index in [-0.39, 0.29) is 0 Å². The van der Waals surface area contributed by atoms with Crippen molar-refractivity contribution < 1.29 is 14.3 Å². The predicted molar refractivity (Wildman–Crippen MR) is 53.7 cm³/mol. The molecule has 1 aromatic rings. The fourth-order valence-corrected chi connectivity index (χ4v) is 1.53. The molecule has 82 valence electrons. The summed E-state index contributed by atoms with van der Waals surface area (Å²) in [6, 6.07) is 0. The lowest BCUT2D eigenvalue weighted by Crippen LogP contribution is -2.17. The number of Topliss-reactive ketones (excluding diaryl/α,β-unsaturated/α-hetero) is 1. The van der Waals surface area contributed by atoms with Crippen molar-refractivity contribution in [1.29, 1.82) is 0 Å². The second kappa shape index (κ2) is 4.25. The number of esters is 1. The number of hydrogen-bond acceptors (Lipinski definition) is 4. The Kier molecular flexibility index (Phi) is 3.24. The van der Waals surface area contributed by atoms with Crippen LogP contribution >= 0.6 is 0 Å². The van der Waals surface area contributed by atoms with Gasteiger partial charge in [-0.1, -0.05) is 0 Å². The summed E-state index contributed by atoms with van der Waals surface area (Å²) in [6.45, 7) is 6.06. The normalized spacial score (nSPS) is 10.1. The number of nitrogens with zero attached hydrogens (tertiary/aromatic N) is 2. The number of rotatable bonds is 3. The van der Waals surface area contributed by atoms with Crippen molar-refractivity contribution in [3.8, 4) is 0 Å². The highest BCUT2D eigenvalue weighted by molar-refractivity contribution is 6.41. The Morgan fingerprint density at radius 1 is 1.40 bits per heavy atom. The number of ether oxygens (including phenoxy) is 1. The Bertz CT molecular complexity index is 407. The minimum Gasteiger partial charge on any atom is -0.463 e. The number of hydrogen-bond donors (Lipinski definition) is 0. The van der Waals surface area contributed by atoms with E-state index in [2.05, 4.69) is 9.84 Å². The molecule has 0 unspecified atom stereocenters. The van der Waals surface area contributed by atoms with E-state index in [1.807, 2.05) is 6.92 Å². The Morgan fingerprint density at radius 3 is 2.40 bits per heavy atom. The lowest BCUT2D eigenvalue weighted by atomic mass is 10.1. The second-order valence-corrected chi connectivity index (χ2v) is 3.18. The molecular formula is C10H14N2O3. The number of aryl methyl sites for hydroxylation is 2. The minimum absolute atomic E-state index is 0.351. The van der Waals surface area contributed by atoms with E-state index < -0.39 is 11.8 Å². The molecule has 0 saturated heterocycles. The van der Waals surface area contributed by atoms with Crippen LogP contribution in [-0.4, -0.2) is 28.6 Å². The van der Waals surface area contributed by atoms with Crippen molar-refractivity contribution in [3.05, 3.63) is 17.0 Å². The predicted octanol–water partition coefficient (Wildman–Crippen LogP) is 0.876. The molecular weight excluding hydrogens is 196 g/mol. The maximum Gasteiger partial charge on any atom is 0.379 e. The van der Waals surface area contributed by atoms with Gasteiger partial charge in [-0.25, -0.2) is 4.79 Å². The summed E-state index contributed by atoms with van der Waals surface area (Å²) in [6.07, 6.45) is 0. The first kappa shape index (κ1) is 11.4. The van der Waals surface area contributed by atoms with E-state index in [0.717, 1.165) is 0 Å². The zero-order valence-electron chi connectivity index (χ0n) is 9.33. The van der Waals surface area contributed by atoms with Gasteiger partial charge in [0, 0.05) is 12.2 Å². The first-order valence-electron chi connectivity index (χ1n) is 4.69. The molecule has 0 radical (unpaired) electrons. The lowest BCUT2D eigenvalue weighted by molar-refractivity contribution is -0.135. The van der Waals surface area contributed by atoms with Crippen molar-refractivity contribution in [2.45, 2.75) is 27.3 Å². The van der Waals surface area contributed by atoms with Crippen molar-refractivity contribution in [2.24, 2.45) is 0 Å². The highest BCUT2D eigenvalue weighted by Gasteiger charge is 2.24. The first-order chi connectivity index (χ1) is 7.02. The topological polar surface area (TPSA) is 61.2 Å². The zero-order chi connectivity index (χ0) is 11.6. The molecule has 0 bridgehead atoms. The van der Waals surface area contributed by atoms with E-state index in [4.69, 9.17) is 0 Å². The van der Waals surface area contributed by atoms with Crippen LogP contribution in [0.1, 0.15) is 28.7 Å². The molecule has 0 aliphatic heterocycles. The van der Waals surface area contributed by atoms with Gasteiger partial charge in [-0.3, -0.25) is 9.48 Å². The molecule has 5 nitrogen and oxygen atoms in total. The van der Waals surface area contributed by atoms with Crippen LogP contribution < -0.4 is 0 Å². The quantitative estimate of drug-likeness (QED) is 0.422. The number of ketones is 1. The van der Waals surface area contributed by atoms with Gasteiger partial charge in [0.2, 0.25) is 0 Å². The molecule has 0 atom stereocenters. The van der Waals surface area contributed by atoms with Gasteiger partial charge in [0.05, 0.1) is 18.4 Å². The summed E-state index contributed by atoms with van der Waals surface area (Å²) in [5, 5.41) is 4.15. The van der Waals surface area contributed by atoms with E-state index >= 15 is 0 Å². The fourth-order valence-electron chi connectivity index (χ4n) is 1.53. The number of aromatic nitrogens is 2. The van der Waals surface area contributed by atoms with Crippen LogP contribution in [-0.2, 0) is 16.1 Å². The molecule has 0 N–H and O–H groups in total. The van der Waals surface area contributed by atoms with E-state index in [1.54, 1.807) is 18.5 Å². The molecule has 0 aromatic carbocycles. The average molecular weight is 210 g/mol. The van der Waals surface area contributed by atoms with Crippen LogP contribution in [0.5, 0.6) is 0 Å². The second-order valence-electron chi connectivity index (χ2n) is 3.18. The molecule has 0 saturated carbocycles. The first-order valence-corrected chi connectivity index (χ1v) is 4.69. The molecule has 15 heavy (non-hydrogen) atoms. The van der Waals surface area contributed by atoms with E-state index in [0.29, 0.717) is 23.5 Å². The third kappa shape index (κ3) is 1.91. The number of carbonyl (C=O) groups excluding carboxylic acids is 2. The average Bonchev–Trinajstić information content (AvgIpc) is 2.51. The monoisotopic (exact) mass is 210 g/mol. The van der Waals surface area contributed by atoms with Gasteiger partial charge in [0.15, 0.2) is 0 Å². The van der Waals surface area contributed by atoms with Crippen LogP contribution in [0, 0.1) is 13.8 Å². The van der Waals surface area contributed by atoms with Gasteiger partial charge >= 0.3 is 5.97 Å². The van der Waals surface area contributed by atoms with Crippen LogP contribution in [0.3, 0.4) is 0 Å². The summed E-state index contributed by atoms with van der Waals surface area (Å²) in [5.41, 5.74) is 1.61. The zero-order valence-corrected chi connectivity index (χ0v) is 9.33. The minimum atomic E-state index is -0.850. The van der Waals surface area contributed by atoms with Gasteiger partial charge < -0.3 is 4.74 Å². The van der Waals surface area contributed by atoms with Crippen LogP contribution in [0.4, 0.5) is 0 Å². The molecule has 0 aliphatic carbocycles. The number of methoxy groups -OCH3 is 1. The SMILES string of the molecule is CCn1nc(C)c(C(=O)C(=O)OC)c1C. The maximum absolute atomic E-state index is 11.6. The van der Waals surface area contributed by atoms with Crippen molar-refractivity contribution >= 4 is 11.8 Å². The molecule has 5 heteroatoms. The molecule has 0 amide bonds. The molecule has 1 rings (SSSR count). The van der Waals surface area contributed by atoms with Crippen LogP contribution in [0.15, 0.2) is 0 Å². The number of carbonyl (C=O) groups is 2. The summed E-state index contributed by atoms with van der Waals surface area (Å²) in [7, 11) is 1.19. The summed E-state index contributed by atoms with van der Waals surface area (Å²) >= 11 is 0. The summed E-state index contributed by atoms with van der Waals surface area (Å²) in [5.74, 6) is -1.48. The smallest absolute Gasteiger partial charge is 0.379 e. The van der Waals surface area contributed by atoms with Gasteiger partial charge in [0.25, 0.3) is 5.78 Å². The Balaban J connectivity index is 3.20. The fraction of sp³-hybridized carbons (Fsp3) is 0.500. The third-order valence-corrected chi connectivity index (χ3v) is 2.28. The van der Waals surface area contributed by atoms with E-state index in [9.17, 15) is 9.59 Å². The maximum atomic E-state index is 11.6. The molecule has 0 spiro atoms. The van der Waals surface area contributed by atoms with Gasteiger partial charge in [-0.2, -0.15) is 5.10 Å². The summed E-state index contributed by atoms with van der Waals surface area (Å²) in [4.78, 5) is 22.7. The Hall–Kier alpha value is -1.65. The Morgan fingerprint density at radius 2 is 2.00 bits per heavy atom. The highest BCUT2D eigenvalue weighted by Crippen LogP contribution is 2.14. The lowest BCUT2D eigenvalue weighted by Gasteiger charge is -2.00. The van der Waals surface area contributed by atoms with Gasteiger partial charge in [-0.15, -0.1) is 0 Å². The van der Waals surface area contributed by atoms with Crippen LogP contribution in [0.2, 0.25) is 0 Å². The largest absolute Gasteiger partial charge is 0.463 e. The summed E-state index contributed by atoms with van der Waals surface area (Å²) < 4.78 is 6.08. The molecule has 0 fully saturated rings. The van der Waals surface area contributed by atoms with Crippen molar-refractivity contribution in [2.75, 3.05) is 7.11 Å². The molecule has 1 heterocycles. The van der Waals surface area contributed by atoms with Crippen molar-refractivity contribution in [3.63, 3.8) is 0 Å².